The zero-order valence-corrected chi connectivity index (χ0v) is 11.9. The Balaban J connectivity index is 2.37. The lowest BCUT2D eigenvalue weighted by Crippen LogP contribution is -2.05. The first-order valence-electron chi connectivity index (χ1n) is 5.70. The molecular formula is C14H11ClO4S. The highest BCUT2D eigenvalue weighted by molar-refractivity contribution is 7.91. The summed E-state index contributed by atoms with van der Waals surface area (Å²) in [6.45, 7) is 0. The molecule has 1 N–H and O–H groups in total. The predicted octanol–water partition coefficient (Wildman–Crippen LogP) is 2.91. The number of fused-ring (bicyclic) bond motifs is 1. The van der Waals surface area contributed by atoms with Gasteiger partial charge in [0.25, 0.3) is 0 Å². The van der Waals surface area contributed by atoms with Crippen LogP contribution in [0.25, 0.3) is 10.8 Å². The first kappa shape index (κ1) is 14.6. The van der Waals surface area contributed by atoms with E-state index in [2.05, 4.69) is 0 Å². The van der Waals surface area contributed by atoms with E-state index in [9.17, 15) is 13.2 Å². The molecule has 0 bridgehead atoms. The van der Waals surface area contributed by atoms with Gasteiger partial charge in [-0.05, 0) is 35.0 Å². The monoisotopic (exact) mass is 310 g/mol. The Labute approximate surface area is 121 Å². The summed E-state index contributed by atoms with van der Waals surface area (Å²) < 4.78 is 24.1. The minimum Gasteiger partial charge on any atom is -0.478 e. The fourth-order valence-electron chi connectivity index (χ4n) is 1.76. The maximum absolute atomic E-state index is 12.1. The van der Waals surface area contributed by atoms with Gasteiger partial charge in [-0.15, -0.1) is 0 Å². The van der Waals surface area contributed by atoms with E-state index in [4.69, 9.17) is 16.7 Å². The number of carbonyl (C=O) groups is 1. The standard InChI is InChI=1S/C14H11ClO4S/c15-12-5-3-11-9-13(6-4-10(11)8-12)20(18,19)7-1-2-14(16)17/h1-6,8-9H,7H2,(H,16,17). The second kappa shape index (κ2) is 5.64. The lowest BCUT2D eigenvalue weighted by atomic mass is 10.1. The summed E-state index contributed by atoms with van der Waals surface area (Å²) in [7, 11) is -3.54. The fraction of sp³-hybridized carbons (Fsp3) is 0.0714. The molecule has 0 unspecified atom stereocenters. The molecule has 0 saturated carbocycles. The largest absolute Gasteiger partial charge is 0.478 e. The zero-order valence-electron chi connectivity index (χ0n) is 10.3. The molecule has 2 aromatic carbocycles. The Bertz CT molecular complexity index is 794. The molecule has 2 rings (SSSR count). The van der Waals surface area contributed by atoms with Crippen LogP contribution in [0.5, 0.6) is 0 Å². The Kier molecular flexibility index (Phi) is 4.11. The van der Waals surface area contributed by atoms with Crippen molar-refractivity contribution in [3.63, 3.8) is 0 Å². The SMILES string of the molecule is O=C(O)C=CCS(=O)(=O)c1ccc2cc(Cl)ccc2c1. The number of halogens is 1. The summed E-state index contributed by atoms with van der Waals surface area (Å²) in [6.07, 6.45) is 1.93. The second-order valence-corrected chi connectivity index (χ2v) is 6.65. The van der Waals surface area contributed by atoms with Gasteiger partial charge in [-0.3, -0.25) is 0 Å². The lowest BCUT2D eigenvalue weighted by Gasteiger charge is -2.04. The molecule has 0 radical (unpaired) electrons. The van der Waals surface area contributed by atoms with E-state index >= 15 is 0 Å². The lowest BCUT2D eigenvalue weighted by molar-refractivity contribution is -0.131. The molecule has 0 aliphatic carbocycles. The van der Waals surface area contributed by atoms with Crippen molar-refractivity contribution in [2.75, 3.05) is 5.75 Å². The van der Waals surface area contributed by atoms with E-state index < -0.39 is 15.8 Å². The third-order valence-electron chi connectivity index (χ3n) is 2.71. The van der Waals surface area contributed by atoms with Gasteiger partial charge in [-0.25, -0.2) is 13.2 Å². The second-order valence-electron chi connectivity index (χ2n) is 4.18. The van der Waals surface area contributed by atoms with Crippen LogP contribution in [-0.2, 0) is 14.6 Å². The minimum atomic E-state index is -3.54. The number of hydrogen-bond acceptors (Lipinski definition) is 3. The summed E-state index contributed by atoms with van der Waals surface area (Å²) in [5.41, 5.74) is 0. The smallest absolute Gasteiger partial charge is 0.328 e. The predicted molar refractivity (Wildman–Crippen MR) is 77.8 cm³/mol. The molecule has 0 atom stereocenters. The summed E-state index contributed by atoms with van der Waals surface area (Å²) in [4.78, 5) is 10.5. The molecule has 104 valence electrons. The Morgan fingerprint density at radius 1 is 1.15 bits per heavy atom. The maximum atomic E-state index is 12.1. The number of hydrogen-bond donors (Lipinski definition) is 1. The molecule has 2 aromatic rings. The molecule has 0 saturated heterocycles. The van der Waals surface area contributed by atoms with Crippen LogP contribution in [0.4, 0.5) is 0 Å². The zero-order chi connectivity index (χ0) is 14.8. The summed E-state index contributed by atoms with van der Waals surface area (Å²) >= 11 is 5.86. The van der Waals surface area contributed by atoms with Gasteiger partial charge in [0.2, 0.25) is 0 Å². The highest BCUT2D eigenvalue weighted by atomic mass is 35.5. The summed E-state index contributed by atoms with van der Waals surface area (Å²) in [6, 6.07) is 9.89. The van der Waals surface area contributed by atoms with Gasteiger partial charge in [-0.2, -0.15) is 0 Å². The van der Waals surface area contributed by atoms with E-state index in [1.165, 1.54) is 6.07 Å². The number of carboxylic acid groups (broad SMARTS) is 1. The third kappa shape index (κ3) is 3.37. The van der Waals surface area contributed by atoms with Gasteiger partial charge < -0.3 is 5.11 Å². The van der Waals surface area contributed by atoms with Crippen LogP contribution < -0.4 is 0 Å². The van der Waals surface area contributed by atoms with Crippen molar-refractivity contribution < 1.29 is 18.3 Å². The minimum absolute atomic E-state index is 0.155. The summed E-state index contributed by atoms with van der Waals surface area (Å²) in [5, 5.41) is 10.6. The number of carboxylic acids is 1. The van der Waals surface area contributed by atoms with Crippen LogP contribution in [0.15, 0.2) is 53.4 Å². The molecule has 6 heteroatoms. The first-order chi connectivity index (χ1) is 9.38. The quantitative estimate of drug-likeness (QED) is 0.881. The van der Waals surface area contributed by atoms with Gasteiger partial charge in [-0.1, -0.05) is 29.8 Å². The van der Waals surface area contributed by atoms with Crippen LogP contribution in [0.3, 0.4) is 0 Å². The molecule has 0 fully saturated rings. The number of aliphatic carboxylic acids is 1. The van der Waals surface area contributed by atoms with Crippen LogP contribution >= 0.6 is 11.6 Å². The molecule has 0 aliphatic heterocycles. The summed E-state index contributed by atoms with van der Waals surface area (Å²) in [5.74, 6) is -1.52. The van der Waals surface area contributed by atoms with E-state index in [-0.39, 0.29) is 10.6 Å². The Hall–Kier alpha value is -1.85. The molecule has 0 spiro atoms. The van der Waals surface area contributed by atoms with E-state index in [0.29, 0.717) is 5.02 Å². The molecule has 20 heavy (non-hydrogen) atoms. The maximum Gasteiger partial charge on any atom is 0.328 e. The van der Waals surface area contributed by atoms with Crippen LogP contribution in [0.2, 0.25) is 5.02 Å². The molecule has 0 amide bonds. The van der Waals surface area contributed by atoms with Crippen molar-refractivity contribution in [3.8, 4) is 0 Å². The number of benzene rings is 2. The average Bonchev–Trinajstić information content (AvgIpc) is 2.37. The van der Waals surface area contributed by atoms with Crippen molar-refractivity contribution in [2.24, 2.45) is 0 Å². The molecule has 4 nitrogen and oxygen atoms in total. The van der Waals surface area contributed by atoms with Crippen molar-refractivity contribution in [2.45, 2.75) is 4.90 Å². The van der Waals surface area contributed by atoms with Gasteiger partial charge in [0.1, 0.15) is 0 Å². The van der Waals surface area contributed by atoms with Crippen LogP contribution in [0.1, 0.15) is 0 Å². The van der Waals surface area contributed by atoms with Gasteiger partial charge in [0.15, 0.2) is 9.84 Å². The van der Waals surface area contributed by atoms with Gasteiger partial charge in [0, 0.05) is 11.1 Å². The van der Waals surface area contributed by atoms with Crippen LogP contribution in [0, 0.1) is 0 Å². The molecule has 0 aromatic heterocycles. The molecule has 0 aliphatic rings. The van der Waals surface area contributed by atoms with Gasteiger partial charge >= 0.3 is 5.97 Å². The molecule has 0 heterocycles. The highest BCUT2D eigenvalue weighted by Crippen LogP contribution is 2.23. The molecular weight excluding hydrogens is 300 g/mol. The van der Waals surface area contributed by atoms with E-state index in [0.717, 1.165) is 22.9 Å². The van der Waals surface area contributed by atoms with E-state index in [1.54, 1.807) is 30.3 Å². The highest BCUT2D eigenvalue weighted by Gasteiger charge is 2.13. The average molecular weight is 311 g/mol. The Morgan fingerprint density at radius 3 is 2.50 bits per heavy atom. The topological polar surface area (TPSA) is 71.4 Å². The first-order valence-corrected chi connectivity index (χ1v) is 7.73. The normalized spacial score (nSPS) is 12.1. The van der Waals surface area contributed by atoms with Gasteiger partial charge in [0.05, 0.1) is 10.6 Å². The van der Waals surface area contributed by atoms with Crippen molar-refractivity contribution >= 4 is 38.2 Å². The fourth-order valence-corrected chi connectivity index (χ4v) is 3.06. The van der Waals surface area contributed by atoms with E-state index in [1.807, 2.05) is 0 Å². The van der Waals surface area contributed by atoms with Crippen molar-refractivity contribution in [3.05, 3.63) is 53.6 Å². The van der Waals surface area contributed by atoms with Crippen molar-refractivity contribution in [1.29, 1.82) is 0 Å². The third-order valence-corrected chi connectivity index (χ3v) is 4.55. The Morgan fingerprint density at radius 2 is 1.80 bits per heavy atom. The number of sulfone groups is 1. The number of rotatable bonds is 4. The van der Waals surface area contributed by atoms with Crippen molar-refractivity contribution in [1.82, 2.24) is 0 Å². The van der Waals surface area contributed by atoms with Crippen LogP contribution in [-0.4, -0.2) is 25.2 Å².